The van der Waals surface area contributed by atoms with Crippen LogP contribution in [0.25, 0.3) is 39.3 Å². The number of para-hydroxylation sites is 2. The fourth-order valence-corrected chi connectivity index (χ4v) is 3.47. The summed E-state index contributed by atoms with van der Waals surface area (Å²) in [4.78, 5) is 7.79. The molecule has 8 heteroatoms. The predicted octanol–water partition coefficient (Wildman–Crippen LogP) is 4.18. The Balaban J connectivity index is 1.74. The minimum atomic E-state index is -0.297. The molecule has 0 radical (unpaired) electrons. The van der Waals surface area contributed by atoms with E-state index in [4.69, 9.17) is 10.8 Å². The highest BCUT2D eigenvalue weighted by molar-refractivity contribution is 5.84. The normalized spacial score (nSPS) is 11.7. The minimum Gasteiger partial charge on any atom is -0.382 e. The maximum atomic E-state index is 13.4. The number of imidazole rings is 1. The summed E-state index contributed by atoms with van der Waals surface area (Å²) in [5.41, 5.74) is 11.5. The van der Waals surface area contributed by atoms with E-state index in [9.17, 15) is 4.39 Å². The number of hydrogen-bond acceptors (Lipinski definition) is 5. The molecule has 0 atom stereocenters. The van der Waals surface area contributed by atoms with E-state index in [-0.39, 0.29) is 11.7 Å². The maximum absolute atomic E-state index is 13.4. The van der Waals surface area contributed by atoms with Gasteiger partial charge in [-0.25, -0.2) is 9.37 Å². The van der Waals surface area contributed by atoms with E-state index in [2.05, 4.69) is 20.2 Å². The Hall–Kier alpha value is -3.81. The number of rotatable bonds is 3. The second kappa shape index (κ2) is 6.37. The Labute approximate surface area is 165 Å². The van der Waals surface area contributed by atoms with Gasteiger partial charge >= 0.3 is 0 Å². The van der Waals surface area contributed by atoms with E-state index < -0.39 is 0 Å². The molecule has 0 fully saturated rings. The van der Waals surface area contributed by atoms with Crippen molar-refractivity contribution in [2.24, 2.45) is 0 Å². The minimum absolute atomic E-state index is 0.116. The summed E-state index contributed by atoms with van der Waals surface area (Å²) in [6.07, 6.45) is 0. The number of H-pyrrole nitrogens is 1. The average molecular weight is 387 g/mol. The van der Waals surface area contributed by atoms with Crippen LogP contribution in [-0.2, 0) is 0 Å². The Morgan fingerprint density at radius 3 is 2.52 bits per heavy atom. The number of anilines is 1. The number of nitrogen functional groups attached to an aromatic ring is 1. The number of benzene rings is 2. The molecule has 5 rings (SSSR count). The number of nitrogens with zero attached hydrogens (tertiary/aromatic N) is 5. The molecular weight excluding hydrogens is 369 g/mol. The van der Waals surface area contributed by atoms with Crippen molar-refractivity contribution in [3.63, 3.8) is 0 Å². The van der Waals surface area contributed by atoms with Crippen LogP contribution in [0.3, 0.4) is 0 Å². The van der Waals surface area contributed by atoms with Gasteiger partial charge in [0.25, 0.3) is 0 Å². The van der Waals surface area contributed by atoms with E-state index in [1.807, 2.05) is 38.1 Å². The van der Waals surface area contributed by atoms with Crippen molar-refractivity contribution in [3.8, 4) is 22.6 Å². The first kappa shape index (κ1) is 17.3. The SMILES string of the molecule is CC(C)c1nn2c(N)c(-c3nc4ccccc4[nH]3)nnc2c1-c1ccc(F)cc1. The monoisotopic (exact) mass is 387 g/mol. The lowest BCUT2D eigenvalue weighted by atomic mass is 9.99. The smallest absolute Gasteiger partial charge is 0.187 e. The Morgan fingerprint density at radius 1 is 1.03 bits per heavy atom. The Bertz CT molecular complexity index is 1320. The van der Waals surface area contributed by atoms with Crippen LogP contribution >= 0.6 is 0 Å². The van der Waals surface area contributed by atoms with Crippen LogP contribution in [0, 0.1) is 5.82 Å². The molecule has 0 bridgehead atoms. The molecule has 3 N–H and O–H groups in total. The summed E-state index contributed by atoms with van der Waals surface area (Å²) in [5.74, 6) is 0.687. The second-order valence-corrected chi connectivity index (χ2v) is 7.19. The van der Waals surface area contributed by atoms with Gasteiger partial charge < -0.3 is 10.7 Å². The first-order valence-corrected chi connectivity index (χ1v) is 9.28. The standard InChI is InChI=1S/C21H18FN7/c1-11(2)17-16(12-7-9-13(22)10-8-12)21-27-26-18(19(23)29(21)28-17)20-24-14-5-3-4-6-15(14)25-20/h3-11H,23H2,1-2H3,(H,24,25). The highest BCUT2D eigenvalue weighted by Gasteiger charge is 2.23. The number of aromatic nitrogens is 6. The van der Waals surface area contributed by atoms with Gasteiger partial charge in [0.05, 0.1) is 22.3 Å². The lowest BCUT2D eigenvalue weighted by molar-refractivity contribution is 0.628. The van der Waals surface area contributed by atoms with Crippen molar-refractivity contribution in [3.05, 3.63) is 60.0 Å². The number of nitrogens with one attached hydrogen (secondary N) is 1. The molecule has 3 heterocycles. The predicted molar refractivity (Wildman–Crippen MR) is 110 cm³/mol. The summed E-state index contributed by atoms with van der Waals surface area (Å²) in [6, 6.07) is 14.0. The lowest BCUT2D eigenvalue weighted by Gasteiger charge is -2.05. The van der Waals surface area contributed by atoms with E-state index >= 15 is 0 Å². The fraction of sp³-hybridized carbons (Fsp3) is 0.143. The van der Waals surface area contributed by atoms with E-state index in [0.29, 0.717) is 23.0 Å². The van der Waals surface area contributed by atoms with Crippen LogP contribution in [0.2, 0.25) is 0 Å². The van der Waals surface area contributed by atoms with E-state index in [0.717, 1.165) is 27.9 Å². The molecule has 0 saturated heterocycles. The van der Waals surface area contributed by atoms with Gasteiger partial charge in [-0.3, -0.25) is 0 Å². The molecule has 5 aromatic rings. The van der Waals surface area contributed by atoms with Crippen LogP contribution in [-0.4, -0.2) is 29.8 Å². The molecule has 0 aliphatic heterocycles. The first-order valence-electron chi connectivity index (χ1n) is 9.28. The van der Waals surface area contributed by atoms with Crippen molar-refractivity contribution in [2.45, 2.75) is 19.8 Å². The Kier molecular flexibility index (Phi) is 3.80. The number of fused-ring (bicyclic) bond motifs is 2. The largest absolute Gasteiger partial charge is 0.382 e. The molecule has 0 aliphatic rings. The molecular formula is C21H18FN7. The van der Waals surface area contributed by atoms with Gasteiger partial charge in [-0.1, -0.05) is 38.1 Å². The van der Waals surface area contributed by atoms with Crippen LogP contribution in [0.4, 0.5) is 10.2 Å². The van der Waals surface area contributed by atoms with Crippen molar-refractivity contribution >= 4 is 22.5 Å². The summed E-state index contributed by atoms with van der Waals surface area (Å²) >= 11 is 0. The fourth-order valence-electron chi connectivity index (χ4n) is 3.47. The summed E-state index contributed by atoms with van der Waals surface area (Å²) in [7, 11) is 0. The molecule has 0 unspecified atom stereocenters. The van der Waals surface area contributed by atoms with Crippen LogP contribution in [0.1, 0.15) is 25.5 Å². The van der Waals surface area contributed by atoms with Crippen molar-refractivity contribution in [1.29, 1.82) is 0 Å². The van der Waals surface area contributed by atoms with Gasteiger partial charge in [-0.05, 0) is 35.7 Å². The van der Waals surface area contributed by atoms with Crippen molar-refractivity contribution in [1.82, 2.24) is 29.8 Å². The molecule has 144 valence electrons. The summed E-state index contributed by atoms with van der Waals surface area (Å²) in [6.45, 7) is 4.08. The van der Waals surface area contributed by atoms with E-state index in [1.165, 1.54) is 12.1 Å². The number of hydrogen-bond donors (Lipinski definition) is 2. The van der Waals surface area contributed by atoms with Gasteiger partial charge in [-0.15, -0.1) is 10.2 Å². The number of aromatic amines is 1. The van der Waals surface area contributed by atoms with Crippen molar-refractivity contribution < 1.29 is 4.39 Å². The summed E-state index contributed by atoms with van der Waals surface area (Å²) < 4.78 is 15.0. The van der Waals surface area contributed by atoms with E-state index in [1.54, 1.807) is 16.6 Å². The van der Waals surface area contributed by atoms with Gasteiger partial charge in [0.15, 0.2) is 23.0 Å². The second-order valence-electron chi connectivity index (χ2n) is 7.19. The molecule has 0 saturated carbocycles. The molecule has 7 nitrogen and oxygen atoms in total. The maximum Gasteiger partial charge on any atom is 0.187 e. The number of halogens is 1. The molecule has 0 spiro atoms. The average Bonchev–Trinajstić information content (AvgIpc) is 3.31. The van der Waals surface area contributed by atoms with Gasteiger partial charge in [0.1, 0.15) is 5.82 Å². The van der Waals surface area contributed by atoms with Crippen molar-refractivity contribution in [2.75, 3.05) is 5.73 Å². The van der Waals surface area contributed by atoms with Crippen LogP contribution in [0.5, 0.6) is 0 Å². The van der Waals surface area contributed by atoms with Gasteiger partial charge in [0.2, 0.25) is 0 Å². The molecule has 0 amide bonds. The van der Waals surface area contributed by atoms with Crippen LogP contribution in [0.15, 0.2) is 48.5 Å². The highest BCUT2D eigenvalue weighted by atomic mass is 19.1. The third-order valence-electron chi connectivity index (χ3n) is 4.90. The molecule has 0 aliphatic carbocycles. The lowest BCUT2D eigenvalue weighted by Crippen LogP contribution is -2.06. The van der Waals surface area contributed by atoms with Gasteiger partial charge in [0, 0.05) is 0 Å². The Morgan fingerprint density at radius 2 is 1.79 bits per heavy atom. The third-order valence-corrected chi connectivity index (χ3v) is 4.90. The first-order chi connectivity index (χ1) is 14.0. The zero-order valence-electron chi connectivity index (χ0n) is 15.9. The summed E-state index contributed by atoms with van der Waals surface area (Å²) in [5, 5.41) is 13.5. The number of nitrogens with two attached hydrogens (primary N) is 1. The quantitative estimate of drug-likeness (QED) is 0.484. The van der Waals surface area contributed by atoms with Gasteiger partial charge in [-0.2, -0.15) is 9.61 Å². The molecule has 29 heavy (non-hydrogen) atoms. The molecule has 2 aromatic carbocycles. The molecule has 3 aromatic heterocycles. The van der Waals surface area contributed by atoms with Crippen LogP contribution < -0.4 is 5.73 Å². The zero-order valence-corrected chi connectivity index (χ0v) is 15.9. The highest BCUT2D eigenvalue weighted by Crippen LogP contribution is 2.34. The zero-order chi connectivity index (χ0) is 20.1. The third kappa shape index (κ3) is 2.72. The topological polar surface area (TPSA) is 97.8 Å².